The van der Waals surface area contributed by atoms with Crippen LogP contribution in [-0.4, -0.2) is 93.9 Å². The van der Waals surface area contributed by atoms with Crippen molar-refractivity contribution < 1.29 is 19.0 Å². The number of β-amino-alcohol motifs (C(OH)–C–C–N with tert-alkyl or cyclic N) is 1. The van der Waals surface area contributed by atoms with E-state index >= 15 is 4.39 Å². The zero-order valence-corrected chi connectivity index (χ0v) is 30.6. The fraction of sp³-hybridized carbons (Fsp3) is 0.513. The van der Waals surface area contributed by atoms with Gasteiger partial charge in [-0.05, 0) is 118 Å². The molecule has 0 spiro atoms. The van der Waals surface area contributed by atoms with Crippen molar-refractivity contribution in [3.63, 3.8) is 0 Å². The number of hydrogen-bond acceptors (Lipinski definition) is 7. The summed E-state index contributed by atoms with van der Waals surface area (Å²) < 4.78 is 21.5. The Hall–Kier alpha value is -3.77. The van der Waals surface area contributed by atoms with Gasteiger partial charge in [-0.3, -0.25) is 0 Å². The SMILES string of the molecule is Cc1c(NC(=O)N2C[C@H](CC(C)C)[C@@H](O)C2)cc(F)cc1-c1ncnc2[nH]c(-c3ccc(OC4CCN(CC5CCNCC5)CC4)cc3)cc12.Cl. The predicted molar refractivity (Wildman–Crippen MR) is 202 cm³/mol. The number of nitrogens with one attached hydrogen (secondary N) is 3. The zero-order chi connectivity index (χ0) is 34.8. The van der Waals surface area contributed by atoms with Gasteiger partial charge in [0.05, 0.1) is 11.8 Å². The Morgan fingerprint density at radius 2 is 1.80 bits per heavy atom. The Balaban J connectivity index is 0.00000448. The van der Waals surface area contributed by atoms with Crippen LogP contribution in [0.1, 0.15) is 51.5 Å². The highest BCUT2D eigenvalue weighted by atomic mass is 35.5. The lowest BCUT2D eigenvalue weighted by molar-refractivity contribution is 0.0873. The summed E-state index contributed by atoms with van der Waals surface area (Å²) in [5, 5.41) is 17.6. The van der Waals surface area contributed by atoms with Gasteiger partial charge < -0.3 is 35.3 Å². The smallest absolute Gasteiger partial charge is 0.321 e. The van der Waals surface area contributed by atoms with Gasteiger partial charge in [0.15, 0.2) is 0 Å². The highest BCUT2D eigenvalue weighted by Gasteiger charge is 2.34. The highest BCUT2D eigenvalue weighted by Crippen LogP contribution is 2.36. The average Bonchev–Trinajstić information content (AvgIpc) is 3.71. The number of carbonyl (C=O) groups is 1. The molecule has 10 nitrogen and oxygen atoms in total. The van der Waals surface area contributed by atoms with Gasteiger partial charge in [0.1, 0.15) is 29.6 Å². The molecule has 2 aromatic carbocycles. The minimum Gasteiger partial charge on any atom is -0.490 e. The number of aromatic nitrogens is 3. The number of amides is 2. The van der Waals surface area contributed by atoms with Crippen LogP contribution in [0, 0.1) is 30.5 Å². The van der Waals surface area contributed by atoms with E-state index in [0.29, 0.717) is 40.6 Å². The summed E-state index contributed by atoms with van der Waals surface area (Å²) in [5.41, 5.74) is 4.69. The predicted octanol–water partition coefficient (Wildman–Crippen LogP) is 6.87. The van der Waals surface area contributed by atoms with Crippen molar-refractivity contribution in [1.82, 2.24) is 30.1 Å². The van der Waals surface area contributed by atoms with Gasteiger partial charge in [-0.15, -0.1) is 12.4 Å². The van der Waals surface area contributed by atoms with Crippen LogP contribution < -0.4 is 15.4 Å². The second-order valence-corrected chi connectivity index (χ2v) is 14.9. The third-order valence-corrected chi connectivity index (χ3v) is 10.7. The summed E-state index contributed by atoms with van der Waals surface area (Å²) >= 11 is 0. The number of benzene rings is 2. The first kappa shape index (κ1) is 37.0. The zero-order valence-electron chi connectivity index (χ0n) is 29.8. The molecular weight excluding hydrogens is 669 g/mol. The van der Waals surface area contributed by atoms with Crippen LogP contribution in [0.25, 0.3) is 33.5 Å². The fourth-order valence-electron chi connectivity index (χ4n) is 7.96. The topological polar surface area (TPSA) is 119 Å². The number of H-pyrrole nitrogens is 1. The van der Waals surface area contributed by atoms with Crippen LogP contribution in [-0.2, 0) is 0 Å². The molecule has 3 aliphatic heterocycles. The van der Waals surface area contributed by atoms with Gasteiger partial charge >= 0.3 is 6.03 Å². The van der Waals surface area contributed by atoms with Gasteiger partial charge in [-0.1, -0.05) is 13.8 Å². The molecule has 7 rings (SSSR count). The molecule has 5 heterocycles. The number of hydrogen-bond donors (Lipinski definition) is 4. The first-order chi connectivity index (χ1) is 24.2. The van der Waals surface area contributed by atoms with E-state index in [1.54, 1.807) is 4.90 Å². The van der Waals surface area contributed by atoms with Gasteiger partial charge in [-0.2, -0.15) is 0 Å². The maximum atomic E-state index is 15.1. The van der Waals surface area contributed by atoms with Crippen molar-refractivity contribution in [2.75, 3.05) is 51.1 Å². The standard InChI is InChI=1S/C39H50FN7O3.ClH/c1-24(2)16-28-21-47(22-36(28)48)39(49)45-34-18-29(40)17-32(25(34)3)37-33-19-35(44-38(33)43-23-42-37)27-4-6-30(7-5-27)50-31-10-14-46(15-11-31)20-26-8-12-41-13-9-26;/h4-7,17-19,23-24,26,28,31,36,41,48H,8-16,20-22H2,1-3H3,(H,45,49)(H,42,43,44);1H/t28-,36-;/m0./s1. The van der Waals surface area contributed by atoms with E-state index in [1.807, 2.05) is 37.3 Å². The van der Waals surface area contributed by atoms with Crippen molar-refractivity contribution >= 4 is 35.2 Å². The Bertz CT molecular complexity index is 1790. The number of ether oxygens (including phenoxy) is 1. The third-order valence-electron chi connectivity index (χ3n) is 10.7. The van der Waals surface area contributed by atoms with Crippen LogP contribution >= 0.6 is 12.4 Å². The normalized spacial score (nSPS) is 20.5. The second kappa shape index (κ2) is 16.3. The van der Waals surface area contributed by atoms with Crippen LogP contribution in [0.3, 0.4) is 0 Å². The van der Waals surface area contributed by atoms with E-state index < -0.39 is 11.9 Å². The van der Waals surface area contributed by atoms with Gasteiger partial charge in [0, 0.05) is 61.0 Å². The molecule has 51 heavy (non-hydrogen) atoms. The molecule has 12 heteroatoms. The minimum atomic E-state index is -0.564. The lowest BCUT2D eigenvalue weighted by Crippen LogP contribution is -2.42. The first-order valence-corrected chi connectivity index (χ1v) is 18.3. The number of rotatable bonds is 9. The van der Waals surface area contributed by atoms with Gasteiger partial charge in [0.2, 0.25) is 0 Å². The summed E-state index contributed by atoms with van der Waals surface area (Å²) in [6, 6.07) is 12.5. The van der Waals surface area contributed by atoms with Crippen molar-refractivity contribution in [3.05, 3.63) is 60.2 Å². The largest absolute Gasteiger partial charge is 0.490 e. The Morgan fingerprint density at radius 3 is 2.53 bits per heavy atom. The lowest BCUT2D eigenvalue weighted by Gasteiger charge is -2.35. The first-order valence-electron chi connectivity index (χ1n) is 18.3. The summed E-state index contributed by atoms with van der Waals surface area (Å²) in [6.45, 7) is 12.5. The number of urea groups is 1. The number of nitrogens with zero attached hydrogens (tertiary/aromatic N) is 4. The van der Waals surface area contributed by atoms with Crippen LogP contribution in [0.15, 0.2) is 48.8 Å². The molecule has 4 N–H and O–H groups in total. The molecule has 2 aromatic heterocycles. The molecular formula is C39H51ClFN7O3. The Labute approximate surface area is 306 Å². The summed E-state index contributed by atoms with van der Waals surface area (Å²) in [6.07, 6.45) is 6.62. The highest BCUT2D eigenvalue weighted by molar-refractivity contribution is 5.97. The second-order valence-electron chi connectivity index (χ2n) is 14.9. The summed E-state index contributed by atoms with van der Waals surface area (Å²) in [5.74, 6) is 1.65. The lowest BCUT2D eigenvalue weighted by atomic mass is 9.95. The van der Waals surface area contributed by atoms with Gasteiger partial charge in [0.25, 0.3) is 0 Å². The molecule has 2 amide bonds. The number of halogens is 2. The van der Waals surface area contributed by atoms with Gasteiger partial charge in [-0.25, -0.2) is 19.2 Å². The van der Waals surface area contributed by atoms with E-state index in [9.17, 15) is 9.90 Å². The maximum absolute atomic E-state index is 15.1. The Morgan fingerprint density at radius 1 is 1.06 bits per heavy atom. The van der Waals surface area contributed by atoms with Crippen molar-refractivity contribution in [2.45, 2.75) is 65.1 Å². The van der Waals surface area contributed by atoms with E-state index in [0.717, 1.165) is 73.8 Å². The minimum absolute atomic E-state index is 0. The fourth-order valence-corrected chi connectivity index (χ4v) is 7.96. The third kappa shape index (κ3) is 8.65. The van der Waals surface area contributed by atoms with E-state index in [4.69, 9.17) is 4.74 Å². The number of likely N-dealkylation sites (tertiary alicyclic amines) is 2. The molecule has 0 aliphatic carbocycles. The monoisotopic (exact) mass is 719 g/mol. The molecule has 0 radical (unpaired) electrons. The van der Waals surface area contributed by atoms with Crippen LogP contribution in [0.2, 0.25) is 0 Å². The van der Waals surface area contributed by atoms with Crippen molar-refractivity contribution in [3.8, 4) is 28.3 Å². The van der Waals surface area contributed by atoms with E-state index in [-0.39, 0.29) is 37.0 Å². The molecule has 3 aliphatic rings. The molecule has 274 valence electrons. The van der Waals surface area contributed by atoms with Crippen LogP contribution in [0.5, 0.6) is 5.75 Å². The molecule has 3 fully saturated rings. The number of piperidine rings is 2. The number of aliphatic hydroxyl groups is 1. The van der Waals surface area contributed by atoms with Crippen molar-refractivity contribution in [1.29, 1.82) is 0 Å². The van der Waals surface area contributed by atoms with E-state index in [1.165, 1.54) is 37.8 Å². The number of anilines is 1. The van der Waals surface area contributed by atoms with Crippen molar-refractivity contribution in [2.24, 2.45) is 17.8 Å². The molecule has 4 aromatic rings. The average molecular weight is 720 g/mol. The number of aromatic amines is 1. The summed E-state index contributed by atoms with van der Waals surface area (Å²) in [4.78, 5) is 29.9. The number of aliphatic hydroxyl groups excluding tert-OH is 1. The molecule has 3 saturated heterocycles. The Kier molecular flexibility index (Phi) is 11.8. The summed E-state index contributed by atoms with van der Waals surface area (Å²) in [7, 11) is 0. The quantitative estimate of drug-likeness (QED) is 0.149. The number of carbonyl (C=O) groups excluding carboxylic acids is 1. The van der Waals surface area contributed by atoms with E-state index in [2.05, 4.69) is 44.3 Å². The molecule has 2 atom stereocenters. The molecule has 0 bridgehead atoms. The molecule has 0 saturated carbocycles. The van der Waals surface area contributed by atoms with Crippen LogP contribution in [0.4, 0.5) is 14.9 Å². The number of fused-ring (bicyclic) bond motifs is 1. The maximum Gasteiger partial charge on any atom is 0.321 e. The molecule has 0 unspecified atom stereocenters.